The molecule has 0 aliphatic heterocycles. The van der Waals surface area contributed by atoms with Gasteiger partial charge in [0.05, 0.1) is 6.26 Å². The van der Waals surface area contributed by atoms with Gasteiger partial charge in [0.2, 0.25) is 5.78 Å². The molecule has 1 heterocycles. The van der Waals surface area contributed by atoms with Gasteiger partial charge in [0.25, 0.3) is 0 Å². The lowest BCUT2D eigenvalue weighted by Gasteiger charge is -2.03. The Morgan fingerprint density at radius 3 is 2.62 bits per heavy atom. The van der Waals surface area contributed by atoms with Crippen LogP contribution in [-0.2, 0) is 0 Å². The molecule has 0 spiro atoms. The van der Waals surface area contributed by atoms with Crippen LogP contribution in [0.1, 0.15) is 10.6 Å². The molecule has 2 aromatic rings. The van der Waals surface area contributed by atoms with Crippen LogP contribution in [0.3, 0.4) is 0 Å². The molecule has 0 N–H and O–H groups in total. The van der Waals surface area contributed by atoms with Crippen LogP contribution in [-0.4, -0.2) is 12.4 Å². The summed E-state index contributed by atoms with van der Waals surface area (Å²) in [5.74, 6) is 0.707. The van der Waals surface area contributed by atoms with E-state index in [9.17, 15) is 4.79 Å². The molecule has 0 aliphatic carbocycles. The summed E-state index contributed by atoms with van der Waals surface area (Å²) in [6.45, 7) is -0.0465. The highest BCUT2D eigenvalue weighted by Gasteiger charge is 2.09. The maximum Gasteiger partial charge on any atom is 0.235 e. The van der Waals surface area contributed by atoms with Crippen molar-refractivity contribution in [3.63, 3.8) is 0 Å². The van der Waals surface area contributed by atoms with Gasteiger partial charge >= 0.3 is 0 Å². The van der Waals surface area contributed by atoms with Gasteiger partial charge in [-0.15, -0.1) is 0 Å². The summed E-state index contributed by atoms with van der Waals surface area (Å²) in [5.41, 5.74) is 0. The molecule has 0 saturated heterocycles. The van der Waals surface area contributed by atoms with Gasteiger partial charge in [0.1, 0.15) is 5.75 Å². The Labute approximate surface area is 97.6 Å². The van der Waals surface area contributed by atoms with E-state index in [1.54, 1.807) is 36.4 Å². The highest BCUT2D eigenvalue weighted by atomic mass is 35.5. The van der Waals surface area contributed by atoms with Crippen LogP contribution in [0.4, 0.5) is 0 Å². The van der Waals surface area contributed by atoms with Gasteiger partial charge in [0, 0.05) is 5.02 Å². The minimum Gasteiger partial charge on any atom is -0.485 e. The Balaban J connectivity index is 1.93. The summed E-state index contributed by atoms with van der Waals surface area (Å²) in [7, 11) is 0. The van der Waals surface area contributed by atoms with Crippen molar-refractivity contribution >= 4 is 17.4 Å². The van der Waals surface area contributed by atoms with Crippen molar-refractivity contribution in [2.24, 2.45) is 0 Å². The van der Waals surface area contributed by atoms with Crippen molar-refractivity contribution < 1.29 is 13.9 Å². The zero-order valence-electron chi connectivity index (χ0n) is 8.35. The van der Waals surface area contributed by atoms with Gasteiger partial charge in [-0.05, 0) is 36.4 Å². The second-order valence-electron chi connectivity index (χ2n) is 3.14. The number of furan rings is 1. The standard InChI is InChI=1S/C12H9ClO3/c13-9-3-5-10(6-4-9)16-8-11(14)12-2-1-7-15-12/h1-7H,8H2. The van der Waals surface area contributed by atoms with Crippen molar-refractivity contribution in [3.8, 4) is 5.75 Å². The first-order valence-electron chi connectivity index (χ1n) is 4.71. The summed E-state index contributed by atoms with van der Waals surface area (Å²) < 4.78 is 10.2. The molecule has 82 valence electrons. The van der Waals surface area contributed by atoms with Gasteiger partial charge in [-0.25, -0.2) is 0 Å². The van der Waals surface area contributed by atoms with Crippen LogP contribution in [0.2, 0.25) is 5.02 Å². The molecular weight excluding hydrogens is 228 g/mol. The normalized spacial score (nSPS) is 10.1. The fourth-order valence-electron chi connectivity index (χ4n) is 1.19. The summed E-state index contributed by atoms with van der Waals surface area (Å²) in [5, 5.41) is 0.629. The van der Waals surface area contributed by atoms with E-state index in [1.807, 2.05) is 0 Å². The van der Waals surface area contributed by atoms with Crippen LogP contribution < -0.4 is 4.74 Å². The Bertz CT molecular complexity index is 460. The first-order chi connectivity index (χ1) is 7.75. The number of carbonyl (C=O) groups is 1. The highest BCUT2D eigenvalue weighted by Crippen LogP contribution is 2.15. The molecule has 0 saturated carbocycles. The summed E-state index contributed by atoms with van der Waals surface area (Å²) in [6, 6.07) is 10.1. The van der Waals surface area contributed by atoms with Gasteiger partial charge in [-0.3, -0.25) is 4.79 Å². The number of ketones is 1. The molecule has 2 rings (SSSR count). The van der Waals surface area contributed by atoms with E-state index in [2.05, 4.69) is 0 Å². The fourth-order valence-corrected chi connectivity index (χ4v) is 1.31. The molecule has 0 amide bonds. The zero-order valence-corrected chi connectivity index (χ0v) is 9.11. The van der Waals surface area contributed by atoms with E-state index >= 15 is 0 Å². The van der Waals surface area contributed by atoms with E-state index < -0.39 is 0 Å². The minimum absolute atomic E-state index is 0.0465. The second kappa shape index (κ2) is 4.86. The topological polar surface area (TPSA) is 39.4 Å². The van der Waals surface area contributed by atoms with Crippen molar-refractivity contribution in [2.75, 3.05) is 6.61 Å². The Kier molecular flexibility index (Phi) is 3.27. The average molecular weight is 237 g/mol. The van der Waals surface area contributed by atoms with Crippen LogP contribution >= 0.6 is 11.6 Å². The molecule has 0 fully saturated rings. The first kappa shape index (κ1) is 10.8. The number of hydrogen-bond acceptors (Lipinski definition) is 3. The second-order valence-corrected chi connectivity index (χ2v) is 3.58. The van der Waals surface area contributed by atoms with E-state index in [0.29, 0.717) is 16.5 Å². The lowest BCUT2D eigenvalue weighted by atomic mass is 10.3. The Morgan fingerprint density at radius 1 is 1.25 bits per heavy atom. The summed E-state index contributed by atoms with van der Waals surface area (Å²) in [4.78, 5) is 11.5. The largest absolute Gasteiger partial charge is 0.485 e. The van der Waals surface area contributed by atoms with Crippen LogP contribution in [0, 0.1) is 0 Å². The molecule has 0 atom stereocenters. The number of ether oxygens (including phenoxy) is 1. The predicted molar refractivity (Wildman–Crippen MR) is 60.0 cm³/mol. The number of Topliss-reactive ketones (excluding diaryl/α,β-unsaturated/α-hetero) is 1. The molecule has 0 aliphatic rings. The molecule has 1 aromatic heterocycles. The average Bonchev–Trinajstić information content (AvgIpc) is 2.81. The number of benzene rings is 1. The smallest absolute Gasteiger partial charge is 0.235 e. The molecule has 0 unspecified atom stereocenters. The van der Waals surface area contributed by atoms with Crippen molar-refractivity contribution in [3.05, 3.63) is 53.4 Å². The van der Waals surface area contributed by atoms with Crippen molar-refractivity contribution in [1.29, 1.82) is 0 Å². The van der Waals surface area contributed by atoms with E-state index in [0.717, 1.165) is 0 Å². The number of rotatable bonds is 4. The predicted octanol–water partition coefficient (Wildman–Crippen LogP) is 3.19. The van der Waals surface area contributed by atoms with E-state index in [-0.39, 0.29) is 12.4 Å². The van der Waals surface area contributed by atoms with Crippen molar-refractivity contribution in [1.82, 2.24) is 0 Å². The lowest BCUT2D eigenvalue weighted by Crippen LogP contribution is -2.10. The molecule has 3 nitrogen and oxygen atoms in total. The van der Waals surface area contributed by atoms with E-state index in [4.69, 9.17) is 20.8 Å². The van der Waals surface area contributed by atoms with Crippen LogP contribution in [0.25, 0.3) is 0 Å². The molecule has 0 bridgehead atoms. The fraction of sp³-hybridized carbons (Fsp3) is 0.0833. The zero-order chi connectivity index (χ0) is 11.4. The Morgan fingerprint density at radius 2 is 2.00 bits per heavy atom. The third-order valence-electron chi connectivity index (χ3n) is 1.98. The number of halogens is 1. The SMILES string of the molecule is O=C(COc1ccc(Cl)cc1)c1ccco1. The molecular formula is C12H9ClO3. The van der Waals surface area contributed by atoms with Gasteiger partial charge < -0.3 is 9.15 Å². The minimum atomic E-state index is -0.194. The van der Waals surface area contributed by atoms with Gasteiger partial charge in [-0.2, -0.15) is 0 Å². The van der Waals surface area contributed by atoms with E-state index in [1.165, 1.54) is 6.26 Å². The van der Waals surface area contributed by atoms with Crippen LogP contribution in [0.15, 0.2) is 47.1 Å². The quantitative estimate of drug-likeness (QED) is 0.766. The highest BCUT2D eigenvalue weighted by molar-refractivity contribution is 6.30. The molecule has 0 radical (unpaired) electrons. The first-order valence-corrected chi connectivity index (χ1v) is 5.08. The molecule has 16 heavy (non-hydrogen) atoms. The number of hydrogen-bond donors (Lipinski definition) is 0. The molecule has 1 aromatic carbocycles. The lowest BCUT2D eigenvalue weighted by molar-refractivity contribution is 0.0894. The molecule has 4 heteroatoms. The monoisotopic (exact) mass is 236 g/mol. The van der Waals surface area contributed by atoms with Gasteiger partial charge in [-0.1, -0.05) is 11.6 Å². The maximum absolute atomic E-state index is 11.5. The van der Waals surface area contributed by atoms with Crippen LogP contribution in [0.5, 0.6) is 5.75 Å². The van der Waals surface area contributed by atoms with Gasteiger partial charge in [0.15, 0.2) is 12.4 Å². The summed E-state index contributed by atoms with van der Waals surface area (Å²) >= 11 is 5.72. The maximum atomic E-state index is 11.5. The summed E-state index contributed by atoms with van der Waals surface area (Å²) in [6.07, 6.45) is 1.45. The Hall–Kier alpha value is -1.74. The number of carbonyl (C=O) groups excluding carboxylic acids is 1. The third-order valence-corrected chi connectivity index (χ3v) is 2.23. The van der Waals surface area contributed by atoms with Crippen molar-refractivity contribution in [2.45, 2.75) is 0 Å². The third kappa shape index (κ3) is 2.64.